The molecule has 1 rings (SSSR count). The highest BCUT2D eigenvalue weighted by molar-refractivity contribution is 5.77. The molecule has 0 aromatic heterocycles. The molecule has 1 amide bonds. The molecule has 124 valence electrons. The van der Waals surface area contributed by atoms with Crippen molar-refractivity contribution >= 4 is 5.91 Å². The van der Waals surface area contributed by atoms with Gasteiger partial charge in [-0.1, -0.05) is 32.0 Å². The summed E-state index contributed by atoms with van der Waals surface area (Å²) < 4.78 is 5.45. The Morgan fingerprint density at radius 3 is 2.55 bits per heavy atom. The molecule has 22 heavy (non-hydrogen) atoms. The van der Waals surface area contributed by atoms with Gasteiger partial charge in [0.2, 0.25) is 5.91 Å². The van der Waals surface area contributed by atoms with Crippen molar-refractivity contribution < 1.29 is 9.53 Å². The molecule has 1 N–H and O–H groups in total. The van der Waals surface area contributed by atoms with Crippen LogP contribution in [-0.4, -0.2) is 45.1 Å². The molecule has 0 aliphatic carbocycles. The second-order valence-electron chi connectivity index (χ2n) is 6.30. The number of para-hydroxylation sites is 1. The van der Waals surface area contributed by atoms with E-state index in [1.165, 1.54) is 0 Å². The third kappa shape index (κ3) is 6.06. The number of nitrogens with one attached hydrogen (secondary N) is 1. The fraction of sp³-hybridized carbons (Fsp3) is 0.611. The molecule has 4 nitrogen and oxygen atoms in total. The molecule has 0 saturated heterocycles. The Bertz CT molecular complexity index is 458. The average molecular weight is 306 g/mol. The monoisotopic (exact) mass is 306 g/mol. The smallest absolute Gasteiger partial charge is 0.220 e. The summed E-state index contributed by atoms with van der Waals surface area (Å²) in [5, 5.41) is 3.02. The van der Waals surface area contributed by atoms with E-state index in [0.29, 0.717) is 12.3 Å². The Morgan fingerprint density at radius 1 is 1.27 bits per heavy atom. The second-order valence-corrected chi connectivity index (χ2v) is 6.30. The van der Waals surface area contributed by atoms with E-state index in [9.17, 15) is 4.79 Å². The molecule has 1 unspecified atom stereocenters. The van der Waals surface area contributed by atoms with E-state index in [4.69, 9.17) is 4.74 Å². The quantitative estimate of drug-likeness (QED) is 0.713. The third-order valence-corrected chi connectivity index (χ3v) is 3.85. The molecule has 1 aromatic carbocycles. The van der Waals surface area contributed by atoms with Crippen LogP contribution in [0.3, 0.4) is 0 Å². The molecule has 0 aliphatic heterocycles. The number of carbonyl (C=O) groups excluding carboxylic acids is 1. The maximum atomic E-state index is 12.2. The lowest BCUT2D eigenvalue weighted by Gasteiger charge is -2.23. The number of amides is 1. The Labute approximate surface area is 134 Å². The zero-order valence-corrected chi connectivity index (χ0v) is 14.6. The Hall–Kier alpha value is -1.55. The van der Waals surface area contributed by atoms with Crippen LogP contribution in [0.4, 0.5) is 0 Å². The van der Waals surface area contributed by atoms with Gasteiger partial charge in [-0.15, -0.1) is 0 Å². The topological polar surface area (TPSA) is 41.6 Å². The molecule has 1 atom stereocenters. The van der Waals surface area contributed by atoms with E-state index in [0.717, 1.165) is 30.8 Å². The van der Waals surface area contributed by atoms with E-state index in [2.05, 4.69) is 30.1 Å². The number of nitrogens with zero attached hydrogens (tertiary/aromatic N) is 1. The van der Waals surface area contributed by atoms with Crippen LogP contribution in [0.25, 0.3) is 0 Å². The standard InChI is InChI=1S/C18H30N2O2/c1-14(2)16(15-9-6-7-10-17(15)22-5)13-18(21)19-11-8-12-20(3)4/h6-7,9-10,14,16H,8,11-13H2,1-5H3,(H,19,21). The molecule has 0 bridgehead atoms. The molecule has 0 fully saturated rings. The summed E-state index contributed by atoms with van der Waals surface area (Å²) in [6.07, 6.45) is 1.47. The van der Waals surface area contributed by atoms with Crippen molar-refractivity contribution in [2.24, 2.45) is 5.92 Å². The highest BCUT2D eigenvalue weighted by Gasteiger charge is 2.22. The van der Waals surface area contributed by atoms with E-state index < -0.39 is 0 Å². The number of benzene rings is 1. The van der Waals surface area contributed by atoms with Gasteiger partial charge >= 0.3 is 0 Å². The molecular weight excluding hydrogens is 276 g/mol. The predicted octanol–water partition coefficient (Wildman–Crippen LogP) is 2.89. The maximum Gasteiger partial charge on any atom is 0.220 e. The summed E-state index contributed by atoms with van der Waals surface area (Å²) in [6, 6.07) is 7.98. The third-order valence-electron chi connectivity index (χ3n) is 3.85. The van der Waals surface area contributed by atoms with Gasteiger partial charge in [-0.05, 0) is 50.5 Å². The van der Waals surface area contributed by atoms with Crippen molar-refractivity contribution in [3.05, 3.63) is 29.8 Å². The number of hydrogen-bond acceptors (Lipinski definition) is 3. The van der Waals surface area contributed by atoms with E-state index in [1.807, 2.05) is 32.3 Å². The van der Waals surface area contributed by atoms with Crippen LogP contribution in [0.5, 0.6) is 5.75 Å². The molecule has 0 spiro atoms. The number of ether oxygens (including phenoxy) is 1. The van der Waals surface area contributed by atoms with Crippen molar-refractivity contribution in [2.75, 3.05) is 34.3 Å². The van der Waals surface area contributed by atoms with Crippen molar-refractivity contribution in [2.45, 2.75) is 32.6 Å². The number of hydrogen-bond donors (Lipinski definition) is 1. The van der Waals surface area contributed by atoms with Crippen LogP contribution in [0.1, 0.15) is 38.2 Å². The van der Waals surface area contributed by atoms with Crippen molar-refractivity contribution in [3.63, 3.8) is 0 Å². The fourth-order valence-corrected chi connectivity index (χ4v) is 2.57. The Morgan fingerprint density at radius 2 is 1.95 bits per heavy atom. The number of methoxy groups -OCH3 is 1. The van der Waals surface area contributed by atoms with Crippen LogP contribution >= 0.6 is 0 Å². The largest absolute Gasteiger partial charge is 0.496 e. The Balaban J connectivity index is 2.63. The minimum atomic E-state index is 0.114. The zero-order chi connectivity index (χ0) is 16.5. The van der Waals surface area contributed by atoms with E-state index in [1.54, 1.807) is 7.11 Å². The van der Waals surface area contributed by atoms with E-state index >= 15 is 0 Å². The zero-order valence-electron chi connectivity index (χ0n) is 14.6. The Kier molecular flexibility index (Phi) is 7.96. The highest BCUT2D eigenvalue weighted by Crippen LogP contribution is 2.34. The van der Waals surface area contributed by atoms with Gasteiger partial charge in [-0.3, -0.25) is 4.79 Å². The van der Waals surface area contributed by atoms with Crippen LogP contribution < -0.4 is 10.1 Å². The van der Waals surface area contributed by atoms with Gasteiger partial charge in [0.25, 0.3) is 0 Å². The lowest BCUT2D eigenvalue weighted by molar-refractivity contribution is -0.121. The number of rotatable bonds is 9. The summed E-state index contributed by atoms with van der Waals surface area (Å²) in [6.45, 7) is 6.01. The number of carbonyl (C=O) groups is 1. The van der Waals surface area contributed by atoms with Crippen LogP contribution in [0, 0.1) is 5.92 Å². The molecule has 1 aromatic rings. The molecular formula is C18H30N2O2. The molecule has 0 radical (unpaired) electrons. The lowest BCUT2D eigenvalue weighted by atomic mass is 9.85. The van der Waals surface area contributed by atoms with Gasteiger partial charge in [0, 0.05) is 13.0 Å². The summed E-state index contributed by atoms with van der Waals surface area (Å²) in [5.41, 5.74) is 1.11. The molecule has 0 aliphatic rings. The minimum Gasteiger partial charge on any atom is -0.496 e. The first-order valence-corrected chi connectivity index (χ1v) is 8.00. The predicted molar refractivity (Wildman–Crippen MR) is 91.4 cm³/mol. The van der Waals surface area contributed by atoms with Gasteiger partial charge in [0.15, 0.2) is 0 Å². The van der Waals surface area contributed by atoms with Gasteiger partial charge in [-0.25, -0.2) is 0 Å². The van der Waals surface area contributed by atoms with Gasteiger partial charge < -0.3 is 15.0 Å². The van der Waals surface area contributed by atoms with Crippen molar-refractivity contribution in [1.29, 1.82) is 0 Å². The van der Waals surface area contributed by atoms with Crippen molar-refractivity contribution in [1.82, 2.24) is 10.2 Å². The molecule has 0 saturated carbocycles. The lowest BCUT2D eigenvalue weighted by Crippen LogP contribution is -2.29. The first-order chi connectivity index (χ1) is 10.5. The maximum absolute atomic E-state index is 12.2. The van der Waals surface area contributed by atoms with Crippen molar-refractivity contribution in [3.8, 4) is 5.75 Å². The molecule has 0 heterocycles. The van der Waals surface area contributed by atoms with Gasteiger partial charge in [0.05, 0.1) is 7.11 Å². The van der Waals surface area contributed by atoms with Gasteiger partial charge in [-0.2, -0.15) is 0 Å². The first kappa shape index (κ1) is 18.5. The van der Waals surface area contributed by atoms with Gasteiger partial charge in [0.1, 0.15) is 5.75 Å². The van der Waals surface area contributed by atoms with Crippen LogP contribution in [0.2, 0.25) is 0 Å². The summed E-state index contributed by atoms with van der Waals surface area (Å²) in [5.74, 6) is 1.53. The second kappa shape index (κ2) is 9.46. The van der Waals surface area contributed by atoms with E-state index in [-0.39, 0.29) is 11.8 Å². The fourth-order valence-electron chi connectivity index (χ4n) is 2.57. The summed E-state index contributed by atoms with van der Waals surface area (Å²) in [7, 11) is 5.76. The summed E-state index contributed by atoms with van der Waals surface area (Å²) >= 11 is 0. The summed E-state index contributed by atoms with van der Waals surface area (Å²) in [4.78, 5) is 14.3. The first-order valence-electron chi connectivity index (χ1n) is 8.00. The van der Waals surface area contributed by atoms with Crippen LogP contribution in [0.15, 0.2) is 24.3 Å². The SMILES string of the molecule is COc1ccccc1C(CC(=O)NCCCN(C)C)C(C)C. The minimum absolute atomic E-state index is 0.114. The normalized spacial score (nSPS) is 12.5. The highest BCUT2D eigenvalue weighted by atomic mass is 16.5. The average Bonchev–Trinajstić information content (AvgIpc) is 2.48. The molecule has 4 heteroatoms. The van der Waals surface area contributed by atoms with Crippen LogP contribution in [-0.2, 0) is 4.79 Å².